The zero-order chi connectivity index (χ0) is 33.8. The van der Waals surface area contributed by atoms with Gasteiger partial charge in [-0.05, 0) is 101 Å². The molecule has 1 aliphatic heterocycles. The number of hydrogen-bond acceptors (Lipinski definition) is 12. The molecule has 47 heavy (non-hydrogen) atoms. The predicted octanol–water partition coefficient (Wildman–Crippen LogP) is 5.24. The van der Waals surface area contributed by atoms with Crippen LogP contribution in [-0.2, 0) is 16.0 Å². The van der Waals surface area contributed by atoms with Crippen LogP contribution >= 0.6 is 0 Å². The highest BCUT2D eigenvalue weighted by Gasteiger charge is 2.65. The molecule has 1 unspecified atom stereocenters. The molecule has 0 spiro atoms. The fraction of sp³-hybridized carbons (Fsp3) is 0.600. The Kier molecular flexibility index (Phi) is 8.73. The van der Waals surface area contributed by atoms with Gasteiger partial charge in [-0.1, -0.05) is 26.3 Å². The first-order valence-corrected chi connectivity index (χ1v) is 16.7. The van der Waals surface area contributed by atoms with Crippen molar-refractivity contribution in [3.8, 4) is 11.6 Å². The smallest absolute Gasteiger partial charge is 0.507 e. The molecule has 0 radical (unpaired) electrons. The van der Waals surface area contributed by atoms with Gasteiger partial charge in [0.1, 0.15) is 22.7 Å². The topological polar surface area (TPSA) is 161 Å². The largest absolute Gasteiger partial charge is 0.514 e. The molecule has 0 amide bonds. The number of benzene rings is 1. The van der Waals surface area contributed by atoms with Gasteiger partial charge < -0.3 is 34.3 Å². The molecule has 1 saturated carbocycles. The van der Waals surface area contributed by atoms with Crippen LogP contribution < -0.4 is 14.8 Å². The number of ketones is 2. The van der Waals surface area contributed by atoms with Crippen molar-refractivity contribution in [2.75, 3.05) is 26.7 Å². The molecule has 2 heterocycles. The van der Waals surface area contributed by atoms with Crippen molar-refractivity contribution in [1.29, 1.82) is 0 Å². The molecule has 3 aliphatic carbocycles. The van der Waals surface area contributed by atoms with E-state index >= 15 is 0 Å². The monoisotopic (exact) mass is 651 g/mol. The van der Waals surface area contributed by atoms with Crippen molar-refractivity contribution < 1.29 is 43.3 Å². The third-order valence-electron chi connectivity index (χ3n) is 9.83. The van der Waals surface area contributed by atoms with Crippen molar-refractivity contribution in [2.45, 2.75) is 96.4 Å². The average molecular weight is 652 g/mol. The summed E-state index contributed by atoms with van der Waals surface area (Å²) in [5, 5.41) is 31.4. The van der Waals surface area contributed by atoms with Gasteiger partial charge in [-0.3, -0.25) is 14.5 Å². The molecule has 1 saturated heterocycles. The standard InChI is InChI=1S/C35H45N3O9/c1-7-9-13-44-32-26-29(47-37-32)27(36-8-2)21-16-20-15-19-14-18(22-11-10-12-38(22)6)17-23(45-33(42)46-34(3,4)5)24(19)28(39)25(20)30(40)35(21,43)31(26)41/h14,17,20-22,27,36,39,43H,7-13,15-16H2,1-6H3/t20-,21-,22?,27-,35-/m0/s1. The van der Waals surface area contributed by atoms with Gasteiger partial charge in [-0.2, -0.15) is 0 Å². The number of aromatic nitrogens is 1. The second kappa shape index (κ2) is 12.4. The Labute approximate surface area is 274 Å². The number of hydrogen-bond donors (Lipinski definition) is 3. The van der Waals surface area contributed by atoms with E-state index in [9.17, 15) is 24.6 Å². The summed E-state index contributed by atoms with van der Waals surface area (Å²) in [7, 11) is 2.04. The molecule has 4 aliphatic rings. The number of nitrogens with one attached hydrogen (secondary N) is 1. The lowest BCUT2D eigenvalue weighted by molar-refractivity contribution is -0.140. The van der Waals surface area contributed by atoms with Gasteiger partial charge in [0, 0.05) is 17.5 Å². The van der Waals surface area contributed by atoms with Gasteiger partial charge in [-0.25, -0.2) is 4.79 Å². The Hall–Kier alpha value is -3.74. The molecule has 1 aromatic carbocycles. The van der Waals surface area contributed by atoms with E-state index < -0.39 is 52.6 Å². The van der Waals surface area contributed by atoms with E-state index in [0.29, 0.717) is 24.9 Å². The van der Waals surface area contributed by atoms with Crippen LogP contribution in [0.15, 0.2) is 22.2 Å². The number of Topliss-reactive ketones (excluding diaryl/α,β-unsaturated/α-hetero) is 2. The molecule has 12 nitrogen and oxygen atoms in total. The zero-order valence-electron chi connectivity index (χ0n) is 28.0. The number of ether oxygens (including phenoxy) is 3. The van der Waals surface area contributed by atoms with Crippen molar-refractivity contribution in [2.24, 2.45) is 11.8 Å². The molecular formula is C35H45N3O9. The number of carbonyl (C=O) groups excluding carboxylic acids is 3. The lowest BCUT2D eigenvalue weighted by Crippen LogP contribution is -2.63. The molecular weight excluding hydrogens is 606 g/mol. The van der Waals surface area contributed by atoms with E-state index in [2.05, 4.69) is 15.4 Å². The van der Waals surface area contributed by atoms with Crippen molar-refractivity contribution >= 4 is 23.5 Å². The van der Waals surface area contributed by atoms with Gasteiger partial charge in [-0.15, -0.1) is 0 Å². The number of carbonyl (C=O) groups is 3. The summed E-state index contributed by atoms with van der Waals surface area (Å²) < 4.78 is 22.6. The highest BCUT2D eigenvalue weighted by atomic mass is 16.7. The number of aliphatic hydroxyl groups is 2. The minimum absolute atomic E-state index is 0.0610. The lowest BCUT2D eigenvalue weighted by Gasteiger charge is -2.48. The Morgan fingerprint density at radius 3 is 2.62 bits per heavy atom. The number of fused-ring (bicyclic) bond motifs is 4. The zero-order valence-corrected chi connectivity index (χ0v) is 28.0. The van der Waals surface area contributed by atoms with Crippen LogP contribution in [0.5, 0.6) is 11.6 Å². The van der Waals surface area contributed by atoms with E-state index in [4.69, 9.17) is 18.7 Å². The molecule has 3 N–H and O–H groups in total. The summed E-state index contributed by atoms with van der Waals surface area (Å²) >= 11 is 0. The van der Waals surface area contributed by atoms with Crippen molar-refractivity contribution in [3.63, 3.8) is 0 Å². The van der Waals surface area contributed by atoms with Gasteiger partial charge in [0.15, 0.2) is 11.4 Å². The van der Waals surface area contributed by atoms with E-state index in [1.54, 1.807) is 26.8 Å². The molecule has 12 heteroatoms. The lowest BCUT2D eigenvalue weighted by atomic mass is 9.57. The van der Waals surface area contributed by atoms with Crippen molar-refractivity contribution in [3.05, 3.63) is 45.7 Å². The Morgan fingerprint density at radius 2 is 1.96 bits per heavy atom. The van der Waals surface area contributed by atoms with Crippen molar-refractivity contribution in [1.82, 2.24) is 15.4 Å². The van der Waals surface area contributed by atoms with E-state index in [0.717, 1.165) is 31.4 Å². The minimum Gasteiger partial charge on any atom is -0.507 e. The van der Waals surface area contributed by atoms with Crippen LogP contribution in [0.2, 0.25) is 0 Å². The summed E-state index contributed by atoms with van der Waals surface area (Å²) in [6, 6.07) is 3.10. The molecule has 5 atom stereocenters. The molecule has 2 fully saturated rings. The Morgan fingerprint density at radius 1 is 1.19 bits per heavy atom. The van der Waals surface area contributed by atoms with E-state index in [-0.39, 0.29) is 53.2 Å². The first-order valence-electron chi connectivity index (χ1n) is 16.7. The van der Waals surface area contributed by atoms with Gasteiger partial charge >= 0.3 is 6.16 Å². The molecule has 254 valence electrons. The minimum atomic E-state index is -2.51. The fourth-order valence-corrected chi connectivity index (χ4v) is 7.73. The number of rotatable bonds is 8. The third kappa shape index (κ3) is 5.63. The Bertz CT molecular complexity index is 1620. The van der Waals surface area contributed by atoms with Crippen LogP contribution in [0, 0.1) is 11.8 Å². The molecule has 1 aromatic heterocycles. The van der Waals surface area contributed by atoms with Crippen LogP contribution in [0.25, 0.3) is 5.76 Å². The summed E-state index contributed by atoms with van der Waals surface area (Å²) in [5.41, 5.74) is -1.64. The maximum atomic E-state index is 14.5. The quantitative estimate of drug-likeness (QED) is 0.148. The third-order valence-corrected chi connectivity index (χ3v) is 9.83. The number of nitrogens with zero attached hydrogens (tertiary/aromatic N) is 2. The van der Waals surface area contributed by atoms with Crippen LogP contribution in [-0.4, -0.2) is 75.9 Å². The van der Waals surface area contributed by atoms with Gasteiger partial charge in [0.2, 0.25) is 11.6 Å². The predicted molar refractivity (Wildman–Crippen MR) is 170 cm³/mol. The van der Waals surface area contributed by atoms with E-state index in [1.165, 1.54) is 0 Å². The SMILES string of the molecule is CCCCOc1noc2c1C(=O)[C@@]1(O)C(=O)C3=C(O)c4c(cc(C5CCCN5C)cc4OC(=O)OC(C)(C)C)C[C@H]3C[C@H]1[C@@H]2NCC. The van der Waals surface area contributed by atoms with Gasteiger partial charge in [0.25, 0.3) is 5.88 Å². The summed E-state index contributed by atoms with van der Waals surface area (Å²) in [6.07, 6.45) is 3.08. The average Bonchev–Trinajstić information content (AvgIpc) is 3.62. The highest BCUT2D eigenvalue weighted by molar-refractivity contribution is 6.26. The van der Waals surface area contributed by atoms with Crippen LogP contribution in [0.3, 0.4) is 0 Å². The maximum Gasteiger partial charge on any atom is 0.514 e. The second-order valence-electron chi connectivity index (χ2n) is 14.2. The van der Waals surface area contributed by atoms with E-state index in [1.807, 2.05) is 27.0 Å². The van der Waals surface area contributed by atoms with Gasteiger partial charge in [0.05, 0.1) is 18.2 Å². The second-order valence-corrected chi connectivity index (χ2v) is 14.2. The summed E-state index contributed by atoms with van der Waals surface area (Å²) in [6.45, 7) is 10.7. The molecule has 6 rings (SSSR count). The number of unbranched alkanes of at least 4 members (excludes halogenated alkanes) is 1. The number of aliphatic hydroxyl groups excluding tert-OH is 1. The van der Waals surface area contributed by atoms with Crippen LogP contribution in [0.4, 0.5) is 4.79 Å². The summed E-state index contributed by atoms with van der Waals surface area (Å²) in [4.78, 5) is 43.8. The normalized spacial score (nSPS) is 27.2. The fourth-order valence-electron chi connectivity index (χ4n) is 7.73. The maximum absolute atomic E-state index is 14.5. The molecule has 0 bridgehead atoms. The molecule has 2 aromatic rings. The first-order chi connectivity index (χ1) is 22.3. The highest BCUT2D eigenvalue weighted by Crippen LogP contribution is 2.55. The summed E-state index contributed by atoms with van der Waals surface area (Å²) in [5.74, 6) is -3.35. The Balaban J connectivity index is 1.46. The first kappa shape index (κ1) is 33.2. The number of likely N-dealkylation sites (tertiary alicyclic amines) is 1. The van der Waals surface area contributed by atoms with Crippen LogP contribution in [0.1, 0.15) is 112 Å².